The highest BCUT2D eigenvalue weighted by Gasteiger charge is 2.23. The third-order valence-electron chi connectivity index (χ3n) is 6.52. The van der Waals surface area contributed by atoms with Gasteiger partial charge >= 0.3 is 5.97 Å². The first-order valence-electron chi connectivity index (χ1n) is 12.4. The molecule has 1 aliphatic carbocycles. The fourth-order valence-corrected chi connectivity index (χ4v) is 4.76. The number of oxazole rings is 1. The first kappa shape index (κ1) is 23.8. The van der Waals surface area contributed by atoms with Gasteiger partial charge in [0.25, 0.3) is 0 Å². The molecule has 6 heteroatoms. The molecule has 0 saturated carbocycles. The summed E-state index contributed by atoms with van der Waals surface area (Å²) in [6.45, 7) is 0.656. The zero-order valence-corrected chi connectivity index (χ0v) is 20.4. The van der Waals surface area contributed by atoms with Crippen LogP contribution in [0.15, 0.2) is 83.3 Å². The minimum Gasteiger partial charge on any atom is -0.482 e. The number of carbonyl (C=O) groups is 1. The Hall–Kier alpha value is -3.90. The van der Waals surface area contributed by atoms with Gasteiger partial charge < -0.3 is 19.2 Å². The van der Waals surface area contributed by atoms with E-state index in [1.165, 1.54) is 18.2 Å². The van der Waals surface area contributed by atoms with Gasteiger partial charge in [-0.15, -0.1) is 0 Å². The number of hydrogen-bond donors (Lipinski definition) is 1. The van der Waals surface area contributed by atoms with Crippen molar-refractivity contribution in [2.45, 2.75) is 31.7 Å². The smallest absolute Gasteiger partial charge is 0.343 e. The molecule has 4 aromatic rings. The van der Waals surface area contributed by atoms with Crippen LogP contribution in [0.5, 0.6) is 5.75 Å². The fourth-order valence-electron chi connectivity index (χ4n) is 4.76. The van der Waals surface area contributed by atoms with Crippen LogP contribution in [0.25, 0.3) is 22.6 Å². The number of benzene rings is 3. The Morgan fingerprint density at radius 3 is 2.50 bits per heavy atom. The molecule has 0 fully saturated rings. The summed E-state index contributed by atoms with van der Waals surface area (Å²) in [4.78, 5) is 16.4. The Kier molecular flexibility index (Phi) is 7.43. The van der Waals surface area contributed by atoms with E-state index in [1.807, 2.05) is 60.7 Å². The molecule has 1 unspecified atom stereocenters. The van der Waals surface area contributed by atoms with Crippen LogP contribution < -0.4 is 10.1 Å². The molecule has 6 nitrogen and oxygen atoms in total. The number of ether oxygens (including phenoxy) is 2. The molecular formula is C30H30N2O4. The summed E-state index contributed by atoms with van der Waals surface area (Å²) in [5, 5.41) is 3.69. The van der Waals surface area contributed by atoms with Crippen LogP contribution in [0.3, 0.4) is 0 Å². The van der Waals surface area contributed by atoms with Crippen LogP contribution in [0.4, 0.5) is 0 Å². The van der Waals surface area contributed by atoms with Crippen LogP contribution in [-0.4, -0.2) is 31.2 Å². The Morgan fingerprint density at radius 1 is 1.00 bits per heavy atom. The first-order valence-corrected chi connectivity index (χ1v) is 12.4. The number of nitrogens with zero attached hydrogens (tertiary/aromatic N) is 1. The van der Waals surface area contributed by atoms with Gasteiger partial charge in [0.2, 0.25) is 0 Å². The van der Waals surface area contributed by atoms with E-state index in [2.05, 4.69) is 23.5 Å². The summed E-state index contributed by atoms with van der Waals surface area (Å²) in [7, 11) is 1.37. The van der Waals surface area contributed by atoms with Crippen LogP contribution in [-0.2, 0) is 22.4 Å². The molecule has 0 saturated heterocycles. The quantitative estimate of drug-likeness (QED) is 0.305. The van der Waals surface area contributed by atoms with Gasteiger partial charge in [0.1, 0.15) is 11.4 Å². The summed E-state index contributed by atoms with van der Waals surface area (Å²) in [5.74, 6) is 1.89. The Morgan fingerprint density at radius 2 is 1.75 bits per heavy atom. The molecule has 1 aliphatic rings. The van der Waals surface area contributed by atoms with E-state index >= 15 is 0 Å². The number of methoxy groups -OCH3 is 1. The summed E-state index contributed by atoms with van der Waals surface area (Å²) >= 11 is 0. The van der Waals surface area contributed by atoms with Crippen molar-refractivity contribution in [3.8, 4) is 28.3 Å². The van der Waals surface area contributed by atoms with Crippen molar-refractivity contribution in [2.75, 3.05) is 20.3 Å². The lowest BCUT2D eigenvalue weighted by Crippen LogP contribution is -2.27. The lowest BCUT2D eigenvalue weighted by molar-refractivity contribution is -0.142. The third kappa shape index (κ3) is 5.34. The summed E-state index contributed by atoms with van der Waals surface area (Å²) in [6.07, 6.45) is 3.71. The minimum absolute atomic E-state index is 0.0806. The molecule has 1 atom stereocenters. The maximum Gasteiger partial charge on any atom is 0.343 e. The largest absolute Gasteiger partial charge is 0.482 e. The van der Waals surface area contributed by atoms with Gasteiger partial charge in [0.15, 0.2) is 18.3 Å². The van der Waals surface area contributed by atoms with E-state index in [1.54, 1.807) is 0 Å². The molecule has 1 aromatic heterocycles. The van der Waals surface area contributed by atoms with Crippen molar-refractivity contribution in [1.29, 1.82) is 0 Å². The zero-order chi connectivity index (χ0) is 24.7. The van der Waals surface area contributed by atoms with E-state index < -0.39 is 0 Å². The topological polar surface area (TPSA) is 73.6 Å². The summed E-state index contributed by atoms with van der Waals surface area (Å²) in [5.41, 5.74) is 5.32. The first-order chi connectivity index (χ1) is 17.7. The second-order valence-electron chi connectivity index (χ2n) is 8.86. The number of fused-ring (bicyclic) bond motifs is 1. The van der Waals surface area contributed by atoms with E-state index in [-0.39, 0.29) is 18.6 Å². The van der Waals surface area contributed by atoms with Crippen molar-refractivity contribution in [3.63, 3.8) is 0 Å². The third-order valence-corrected chi connectivity index (χ3v) is 6.52. The van der Waals surface area contributed by atoms with Crippen LogP contribution in [0.2, 0.25) is 0 Å². The van der Waals surface area contributed by atoms with Crippen LogP contribution in [0, 0.1) is 0 Å². The molecule has 0 bridgehead atoms. The van der Waals surface area contributed by atoms with E-state index in [0.29, 0.717) is 12.3 Å². The molecular weight excluding hydrogens is 452 g/mol. The average molecular weight is 483 g/mol. The van der Waals surface area contributed by atoms with Gasteiger partial charge in [0.05, 0.1) is 7.11 Å². The normalized spacial score (nSPS) is 14.8. The molecule has 0 radical (unpaired) electrons. The van der Waals surface area contributed by atoms with Gasteiger partial charge in [0, 0.05) is 30.1 Å². The zero-order valence-electron chi connectivity index (χ0n) is 20.4. The minimum atomic E-state index is -0.381. The second kappa shape index (κ2) is 11.2. The fraction of sp³-hybridized carbons (Fsp3) is 0.267. The van der Waals surface area contributed by atoms with Gasteiger partial charge in [-0.1, -0.05) is 72.8 Å². The molecule has 0 aliphatic heterocycles. The Balaban J connectivity index is 1.30. The molecule has 36 heavy (non-hydrogen) atoms. The predicted molar refractivity (Wildman–Crippen MR) is 139 cm³/mol. The SMILES string of the molecule is COC(=O)COc1cccc2c1CCCC2NCCc1nc(-c2ccccc2)c(-c2ccccc2)o1. The summed E-state index contributed by atoms with van der Waals surface area (Å²) in [6, 6.07) is 26.5. The standard InChI is InChI=1S/C30H30N2O4/c1-34-28(33)20-35-26-17-9-14-23-24(26)15-8-16-25(23)31-19-18-27-32-29(21-10-4-2-5-11-21)30(36-27)22-12-6-3-7-13-22/h2-7,9-14,17,25,31H,8,15-16,18-20H2,1H3. The van der Waals surface area contributed by atoms with Gasteiger partial charge in [-0.3, -0.25) is 0 Å². The maximum atomic E-state index is 11.5. The Bertz CT molecular complexity index is 1240. The molecule has 5 rings (SSSR count). The van der Waals surface area contributed by atoms with Crippen molar-refractivity contribution >= 4 is 5.97 Å². The van der Waals surface area contributed by atoms with Crippen molar-refractivity contribution in [1.82, 2.24) is 10.3 Å². The molecule has 184 valence electrons. The van der Waals surface area contributed by atoms with E-state index in [9.17, 15) is 4.79 Å². The number of carbonyl (C=O) groups excluding carboxylic acids is 1. The molecule has 0 amide bonds. The van der Waals surface area contributed by atoms with E-state index in [4.69, 9.17) is 18.9 Å². The van der Waals surface area contributed by atoms with Crippen molar-refractivity contribution in [2.24, 2.45) is 0 Å². The van der Waals surface area contributed by atoms with Gasteiger partial charge in [-0.25, -0.2) is 9.78 Å². The number of aromatic nitrogens is 1. The molecule has 0 spiro atoms. The highest BCUT2D eigenvalue weighted by molar-refractivity contribution is 5.76. The highest BCUT2D eigenvalue weighted by atomic mass is 16.6. The predicted octanol–water partition coefficient (Wildman–Crippen LogP) is 5.77. The number of esters is 1. The molecule has 3 aromatic carbocycles. The average Bonchev–Trinajstić information content (AvgIpc) is 3.37. The van der Waals surface area contributed by atoms with Crippen LogP contribution >= 0.6 is 0 Å². The Labute approximate surface area is 211 Å². The van der Waals surface area contributed by atoms with Crippen LogP contribution in [0.1, 0.15) is 35.9 Å². The van der Waals surface area contributed by atoms with Gasteiger partial charge in [-0.05, 0) is 36.5 Å². The lowest BCUT2D eigenvalue weighted by atomic mass is 9.87. The molecule has 1 N–H and O–H groups in total. The van der Waals surface area contributed by atoms with E-state index in [0.717, 1.165) is 54.1 Å². The number of hydrogen-bond acceptors (Lipinski definition) is 6. The monoisotopic (exact) mass is 482 g/mol. The van der Waals surface area contributed by atoms with Gasteiger partial charge in [-0.2, -0.15) is 0 Å². The highest BCUT2D eigenvalue weighted by Crippen LogP contribution is 2.36. The lowest BCUT2D eigenvalue weighted by Gasteiger charge is -2.28. The maximum absolute atomic E-state index is 11.5. The second-order valence-corrected chi connectivity index (χ2v) is 8.86. The number of nitrogens with one attached hydrogen (secondary N) is 1. The molecule has 1 heterocycles. The van der Waals surface area contributed by atoms with Crippen molar-refractivity contribution < 1.29 is 18.7 Å². The summed E-state index contributed by atoms with van der Waals surface area (Å²) < 4.78 is 16.7. The number of rotatable bonds is 9. The van der Waals surface area contributed by atoms with Crippen molar-refractivity contribution in [3.05, 3.63) is 95.9 Å².